The van der Waals surface area contributed by atoms with E-state index in [1.54, 1.807) is 13.8 Å². The van der Waals surface area contributed by atoms with Gasteiger partial charge in [-0.1, -0.05) is 19.9 Å². The second-order valence-corrected chi connectivity index (χ2v) is 7.96. The summed E-state index contributed by atoms with van der Waals surface area (Å²) < 4.78 is 52.3. The first-order chi connectivity index (χ1) is 9.79. The monoisotopic (exact) mass is 371 g/mol. The maximum atomic E-state index is 12.4. The molecule has 0 saturated heterocycles. The number of hydrogen-bond acceptors (Lipinski definition) is 5. The maximum Gasteiger partial charge on any atom is 0.243 e. The summed E-state index contributed by atoms with van der Waals surface area (Å²) in [7, 11) is -7.45. The van der Waals surface area contributed by atoms with Crippen LogP contribution in [0.4, 0.5) is 0 Å². The Balaban J connectivity index is 0.00000441. The van der Waals surface area contributed by atoms with Crippen LogP contribution in [0.1, 0.15) is 13.8 Å². The van der Waals surface area contributed by atoms with E-state index < -0.39 is 20.0 Å². The summed E-state index contributed by atoms with van der Waals surface area (Å²) in [6, 6.07) is 5.30. The van der Waals surface area contributed by atoms with E-state index in [0.717, 1.165) is 6.07 Å². The Morgan fingerprint density at radius 3 is 2.14 bits per heavy atom. The molecule has 1 rings (SSSR count). The molecule has 1 aromatic carbocycles. The zero-order valence-corrected chi connectivity index (χ0v) is 15.0. The number of benzene rings is 1. The van der Waals surface area contributed by atoms with Crippen molar-refractivity contribution in [3.63, 3.8) is 0 Å². The second kappa shape index (κ2) is 8.80. The summed E-state index contributed by atoms with van der Waals surface area (Å²) in [6.07, 6.45) is 0. The summed E-state index contributed by atoms with van der Waals surface area (Å²) in [5.41, 5.74) is 5.26. The van der Waals surface area contributed by atoms with Gasteiger partial charge in [-0.05, 0) is 18.2 Å². The van der Waals surface area contributed by atoms with E-state index in [9.17, 15) is 16.8 Å². The van der Waals surface area contributed by atoms with Gasteiger partial charge in [0.05, 0.1) is 9.79 Å². The predicted molar refractivity (Wildman–Crippen MR) is 88.0 cm³/mol. The first-order valence-corrected chi connectivity index (χ1v) is 9.51. The summed E-state index contributed by atoms with van der Waals surface area (Å²) in [5, 5.41) is 0. The fourth-order valence-electron chi connectivity index (χ4n) is 1.79. The fourth-order valence-corrected chi connectivity index (χ4v) is 4.46. The Morgan fingerprint density at radius 2 is 1.64 bits per heavy atom. The highest BCUT2D eigenvalue weighted by atomic mass is 35.5. The highest BCUT2D eigenvalue weighted by Crippen LogP contribution is 2.19. The number of rotatable bonds is 8. The van der Waals surface area contributed by atoms with Crippen LogP contribution in [0.25, 0.3) is 0 Å². The molecule has 0 heterocycles. The molecule has 0 atom stereocenters. The van der Waals surface area contributed by atoms with Crippen LogP contribution in [0.15, 0.2) is 34.1 Å². The van der Waals surface area contributed by atoms with Crippen molar-refractivity contribution in [2.24, 2.45) is 5.73 Å². The number of nitrogens with one attached hydrogen (secondary N) is 1. The second-order valence-electron chi connectivity index (χ2n) is 4.25. The van der Waals surface area contributed by atoms with Crippen LogP contribution in [0.5, 0.6) is 0 Å². The average Bonchev–Trinajstić information content (AvgIpc) is 2.46. The molecular formula is C12H22ClN3O4S2. The lowest BCUT2D eigenvalue weighted by atomic mass is 10.4. The summed E-state index contributed by atoms with van der Waals surface area (Å²) in [5.74, 6) is 0. The van der Waals surface area contributed by atoms with Gasteiger partial charge in [0.15, 0.2) is 0 Å². The van der Waals surface area contributed by atoms with Crippen LogP contribution in [-0.4, -0.2) is 47.3 Å². The largest absolute Gasteiger partial charge is 0.329 e. The molecule has 0 aliphatic rings. The van der Waals surface area contributed by atoms with E-state index in [-0.39, 0.29) is 35.3 Å². The molecule has 0 saturated carbocycles. The van der Waals surface area contributed by atoms with Crippen molar-refractivity contribution in [1.82, 2.24) is 9.03 Å². The molecule has 0 spiro atoms. The zero-order chi connectivity index (χ0) is 16.1. The third kappa shape index (κ3) is 4.90. The van der Waals surface area contributed by atoms with Gasteiger partial charge in [0.1, 0.15) is 0 Å². The number of nitrogens with two attached hydrogens (primary N) is 1. The lowest BCUT2D eigenvalue weighted by molar-refractivity contribution is 0.445. The average molecular weight is 372 g/mol. The standard InChI is InChI=1S/C12H21N3O4S2.ClH/c1-3-15(4-2)21(18,19)12-7-5-6-11(10-12)20(16,17)14-9-8-13;/h5-7,10,14H,3-4,8-9,13H2,1-2H3;1H. The Bertz CT molecular complexity index is 673. The van der Waals surface area contributed by atoms with Crippen LogP contribution in [0.3, 0.4) is 0 Å². The van der Waals surface area contributed by atoms with Gasteiger partial charge < -0.3 is 5.73 Å². The van der Waals surface area contributed by atoms with Crippen molar-refractivity contribution >= 4 is 32.5 Å². The minimum absolute atomic E-state index is 0. The molecule has 0 aliphatic heterocycles. The highest BCUT2D eigenvalue weighted by Gasteiger charge is 2.23. The van der Waals surface area contributed by atoms with Gasteiger partial charge in [-0.3, -0.25) is 0 Å². The van der Waals surface area contributed by atoms with E-state index in [4.69, 9.17) is 5.73 Å². The summed E-state index contributed by atoms with van der Waals surface area (Å²) in [6.45, 7) is 4.35. The van der Waals surface area contributed by atoms with Gasteiger partial charge in [-0.15, -0.1) is 12.4 Å². The molecule has 0 unspecified atom stereocenters. The first-order valence-electron chi connectivity index (χ1n) is 6.59. The number of sulfonamides is 2. The molecule has 0 radical (unpaired) electrons. The molecule has 0 aromatic heterocycles. The third-order valence-corrected chi connectivity index (χ3v) is 6.40. The van der Waals surface area contributed by atoms with Crippen LogP contribution in [0, 0.1) is 0 Å². The number of hydrogen-bond donors (Lipinski definition) is 2. The van der Waals surface area contributed by atoms with Gasteiger partial charge in [-0.2, -0.15) is 4.31 Å². The van der Waals surface area contributed by atoms with Crippen molar-refractivity contribution < 1.29 is 16.8 Å². The predicted octanol–water partition coefficient (Wildman–Crippen LogP) is 0.376. The van der Waals surface area contributed by atoms with E-state index in [1.807, 2.05) is 0 Å². The molecule has 10 heteroatoms. The number of halogens is 1. The molecule has 1 aromatic rings. The SMILES string of the molecule is CCN(CC)S(=O)(=O)c1cccc(S(=O)(=O)NCCN)c1.Cl. The summed E-state index contributed by atoms with van der Waals surface area (Å²) >= 11 is 0. The lowest BCUT2D eigenvalue weighted by Gasteiger charge is -2.18. The van der Waals surface area contributed by atoms with E-state index in [2.05, 4.69) is 4.72 Å². The molecular weight excluding hydrogens is 350 g/mol. The van der Waals surface area contributed by atoms with Gasteiger partial charge in [0.25, 0.3) is 0 Å². The fraction of sp³-hybridized carbons (Fsp3) is 0.500. The minimum atomic E-state index is -3.76. The lowest BCUT2D eigenvalue weighted by Crippen LogP contribution is -2.31. The molecule has 22 heavy (non-hydrogen) atoms. The zero-order valence-electron chi connectivity index (χ0n) is 12.5. The van der Waals surface area contributed by atoms with Gasteiger partial charge in [0.2, 0.25) is 20.0 Å². The van der Waals surface area contributed by atoms with Crippen molar-refractivity contribution in [2.75, 3.05) is 26.2 Å². The van der Waals surface area contributed by atoms with E-state index >= 15 is 0 Å². The van der Waals surface area contributed by atoms with Gasteiger partial charge in [-0.25, -0.2) is 21.6 Å². The third-order valence-electron chi connectivity index (χ3n) is 2.90. The van der Waals surface area contributed by atoms with E-state index in [1.165, 1.54) is 22.5 Å². The quantitative estimate of drug-likeness (QED) is 0.686. The molecule has 0 aliphatic carbocycles. The van der Waals surface area contributed by atoms with Crippen LogP contribution < -0.4 is 10.5 Å². The van der Waals surface area contributed by atoms with Crippen LogP contribution in [-0.2, 0) is 20.0 Å². The Hall–Kier alpha value is -0.710. The maximum absolute atomic E-state index is 12.4. The van der Waals surface area contributed by atoms with Crippen LogP contribution >= 0.6 is 12.4 Å². The van der Waals surface area contributed by atoms with Gasteiger partial charge >= 0.3 is 0 Å². The molecule has 0 fully saturated rings. The Kier molecular flexibility index (Phi) is 8.52. The van der Waals surface area contributed by atoms with Crippen molar-refractivity contribution in [1.29, 1.82) is 0 Å². The first kappa shape index (κ1) is 21.3. The van der Waals surface area contributed by atoms with E-state index in [0.29, 0.717) is 13.1 Å². The highest BCUT2D eigenvalue weighted by molar-refractivity contribution is 7.90. The number of nitrogens with zero attached hydrogens (tertiary/aromatic N) is 1. The molecule has 0 bridgehead atoms. The Morgan fingerprint density at radius 1 is 1.09 bits per heavy atom. The topological polar surface area (TPSA) is 110 Å². The minimum Gasteiger partial charge on any atom is -0.329 e. The normalized spacial score (nSPS) is 12.2. The smallest absolute Gasteiger partial charge is 0.243 e. The summed E-state index contributed by atoms with van der Waals surface area (Å²) in [4.78, 5) is -0.133. The van der Waals surface area contributed by atoms with Crippen LogP contribution in [0.2, 0.25) is 0 Å². The van der Waals surface area contributed by atoms with Crippen molar-refractivity contribution in [3.8, 4) is 0 Å². The van der Waals surface area contributed by atoms with Crippen molar-refractivity contribution in [2.45, 2.75) is 23.6 Å². The van der Waals surface area contributed by atoms with Gasteiger partial charge in [0, 0.05) is 26.2 Å². The molecule has 0 amide bonds. The Labute approximate surface area is 138 Å². The molecule has 3 N–H and O–H groups in total. The van der Waals surface area contributed by atoms with Crippen molar-refractivity contribution in [3.05, 3.63) is 24.3 Å². The molecule has 128 valence electrons. The molecule has 7 nitrogen and oxygen atoms in total.